The number of rotatable bonds is 11. The van der Waals surface area contributed by atoms with E-state index in [9.17, 15) is 14.0 Å². The Morgan fingerprint density at radius 3 is 2.40 bits per heavy atom. The van der Waals surface area contributed by atoms with Gasteiger partial charge in [0.2, 0.25) is 11.8 Å². The number of amides is 2. The third-order valence-electron chi connectivity index (χ3n) is 5.03. The summed E-state index contributed by atoms with van der Waals surface area (Å²) in [6.07, 6.45) is 2.22. The van der Waals surface area contributed by atoms with Gasteiger partial charge >= 0.3 is 0 Å². The van der Waals surface area contributed by atoms with E-state index >= 15 is 0 Å². The molecule has 2 amide bonds. The highest BCUT2D eigenvalue weighted by atomic mass is 19.1. The maximum absolute atomic E-state index is 14.1. The number of unbranched alkanes of at least 4 members (excludes halogenated alkanes) is 1. The number of methoxy groups -OCH3 is 1. The van der Waals surface area contributed by atoms with Crippen molar-refractivity contribution in [3.05, 3.63) is 65.5 Å². The van der Waals surface area contributed by atoms with Crippen LogP contribution in [0.15, 0.2) is 48.5 Å². The van der Waals surface area contributed by atoms with E-state index in [1.807, 2.05) is 31.2 Å². The fourth-order valence-electron chi connectivity index (χ4n) is 3.26. The Morgan fingerprint density at radius 1 is 1.10 bits per heavy atom. The minimum absolute atomic E-state index is 0.0957. The van der Waals surface area contributed by atoms with Gasteiger partial charge in [-0.05, 0) is 42.2 Å². The summed E-state index contributed by atoms with van der Waals surface area (Å²) >= 11 is 0. The maximum atomic E-state index is 14.1. The third kappa shape index (κ3) is 6.58. The molecule has 0 fully saturated rings. The van der Waals surface area contributed by atoms with Crippen LogP contribution in [0.25, 0.3) is 0 Å². The zero-order valence-electron chi connectivity index (χ0n) is 18.0. The molecule has 30 heavy (non-hydrogen) atoms. The second-order valence-electron chi connectivity index (χ2n) is 7.21. The van der Waals surface area contributed by atoms with E-state index in [0.717, 1.165) is 18.4 Å². The molecule has 162 valence electrons. The van der Waals surface area contributed by atoms with Crippen LogP contribution >= 0.6 is 0 Å². The van der Waals surface area contributed by atoms with Gasteiger partial charge < -0.3 is 15.0 Å². The smallest absolute Gasteiger partial charge is 0.242 e. The number of hydrogen-bond donors (Lipinski definition) is 1. The van der Waals surface area contributed by atoms with Crippen molar-refractivity contribution >= 4 is 11.8 Å². The van der Waals surface area contributed by atoms with Gasteiger partial charge in [0.1, 0.15) is 17.6 Å². The Labute approximate surface area is 178 Å². The summed E-state index contributed by atoms with van der Waals surface area (Å²) in [6.45, 7) is 4.76. The lowest BCUT2D eigenvalue weighted by Gasteiger charge is -2.31. The second-order valence-corrected chi connectivity index (χ2v) is 7.21. The van der Waals surface area contributed by atoms with Gasteiger partial charge in [0.05, 0.1) is 13.5 Å². The molecule has 0 saturated heterocycles. The molecule has 2 aromatic rings. The molecular formula is C24H31FN2O3. The van der Waals surface area contributed by atoms with Crippen molar-refractivity contribution in [2.24, 2.45) is 0 Å². The van der Waals surface area contributed by atoms with Gasteiger partial charge in [0.15, 0.2) is 0 Å². The van der Waals surface area contributed by atoms with Crippen LogP contribution in [-0.4, -0.2) is 36.4 Å². The van der Waals surface area contributed by atoms with E-state index < -0.39 is 11.9 Å². The first kappa shape index (κ1) is 23.4. The Morgan fingerprint density at radius 2 is 1.80 bits per heavy atom. The van der Waals surface area contributed by atoms with E-state index in [1.165, 1.54) is 6.07 Å². The summed E-state index contributed by atoms with van der Waals surface area (Å²) in [4.78, 5) is 27.5. The molecule has 0 radical (unpaired) electrons. The van der Waals surface area contributed by atoms with E-state index in [2.05, 4.69) is 12.2 Å². The first-order chi connectivity index (χ1) is 14.5. The second kappa shape index (κ2) is 12.0. The summed E-state index contributed by atoms with van der Waals surface area (Å²) in [5.74, 6) is -0.169. The molecule has 2 rings (SSSR count). The highest BCUT2D eigenvalue weighted by molar-refractivity contribution is 5.88. The first-order valence-corrected chi connectivity index (χ1v) is 10.4. The maximum Gasteiger partial charge on any atom is 0.242 e. The predicted octanol–water partition coefficient (Wildman–Crippen LogP) is 4.10. The van der Waals surface area contributed by atoms with Crippen molar-refractivity contribution in [3.63, 3.8) is 0 Å². The zero-order chi connectivity index (χ0) is 21.9. The Bertz CT molecular complexity index is 823. The molecule has 0 heterocycles. The lowest BCUT2D eigenvalue weighted by Crippen LogP contribution is -2.49. The van der Waals surface area contributed by atoms with Crippen molar-refractivity contribution in [2.75, 3.05) is 13.7 Å². The quantitative estimate of drug-likeness (QED) is 0.563. The van der Waals surface area contributed by atoms with Crippen LogP contribution in [0, 0.1) is 5.82 Å². The zero-order valence-corrected chi connectivity index (χ0v) is 18.0. The normalized spacial score (nSPS) is 11.6. The number of benzene rings is 2. The van der Waals surface area contributed by atoms with Crippen LogP contribution in [-0.2, 0) is 22.6 Å². The minimum Gasteiger partial charge on any atom is -0.497 e. The Kier molecular flexibility index (Phi) is 9.32. The summed E-state index contributed by atoms with van der Waals surface area (Å²) in [7, 11) is 1.59. The van der Waals surface area contributed by atoms with E-state index in [4.69, 9.17) is 4.74 Å². The molecule has 1 unspecified atom stereocenters. The number of carbonyl (C=O) groups excluding carboxylic acids is 2. The minimum atomic E-state index is -0.622. The van der Waals surface area contributed by atoms with Gasteiger partial charge in [0.25, 0.3) is 0 Å². The van der Waals surface area contributed by atoms with Crippen LogP contribution in [0.5, 0.6) is 5.75 Å². The molecule has 5 nitrogen and oxygen atoms in total. The fourth-order valence-corrected chi connectivity index (χ4v) is 3.26. The van der Waals surface area contributed by atoms with E-state index in [-0.39, 0.29) is 24.8 Å². The highest BCUT2D eigenvalue weighted by Crippen LogP contribution is 2.18. The number of halogens is 1. The Balaban J connectivity index is 2.25. The summed E-state index contributed by atoms with van der Waals surface area (Å²) in [6, 6.07) is 13.0. The van der Waals surface area contributed by atoms with Crippen molar-refractivity contribution < 1.29 is 18.7 Å². The van der Waals surface area contributed by atoms with Crippen molar-refractivity contribution in [2.45, 2.75) is 52.1 Å². The van der Waals surface area contributed by atoms with Crippen molar-refractivity contribution in [1.82, 2.24) is 10.2 Å². The molecule has 2 aromatic carbocycles. The van der Waals surface area contributed by atoms with Crippen LogP contribution in [0.1, 0.15) is 44.2 Å². The number of carbonyl (C=O) groups is 2. The van der Waals surface area contributed by atoms with Gasteiger partial charge in [-0.25, -0.2) is 4.39 Å². The number of nitrogens with zero attached hydrogens (tertiary/aromatic N) is 1. The lowest BCUT2D eigenvalue weighted by atomic mass is 10.1. The van der Waals surface area contributed by atoms with Crippen LogP contribution < -0.4 is 10.1 Å². The van der Waals surface area contributed by atoms with E-state index in [1.54, 1.807) is 30.2 Å². The van der Waals surface area contributed by atoms with Crippen molar-refractivity contribution in [3.8, 4) is 5.75 Å². The molecule has 0 aromatic heterocycles. The number of nitrogens with one attached hydrogen (secondary N) is 1. The summed E-state index contributed by atoms with van der Waals surface area (Å²) in [5, 5.41) is 2.92. The lowest BCUT2D eigenvalue weighted by molar-refractivity contribution is -0.141. The molecule has 1 atom stereocenters. The molecule has 0 aliphatic heterocycles. The molecule has 0 aliphatic carbocycles. The SMILES string of the molecule is CCCCNC(=O)C(CC)N(Cc1ccc(OC)cc1)C(=O)Cc1ccccc1F. The number of ether oxygens (including phenoxy) is 1. The first-order valence-electron chi connectivity index (χ1n) is 10.4. The predicted molar refractivity (Wildman–Crippen MR) is 116 cm³/mol. The van der Waals surface area contributed by atoms with Crippen LogP contribution in [0.4, 0.5) is 4.39 Å². The van der Waals surface area contributed by atoms with Gasteiger partial charge in [-0.1, -0.05) is 50.6 Å². The van der Waals surface area contributed by atoms with Gasteiger partial charge in [-0.2, -0.15) is 0 Å². The fraction of sp³-hybridized carbons (Fsp3) is 0.417. The summed E-state index contributed by atoms with van der Waals surface area (Å²) in [5.41, 5.74) is 1.20. The van der Waals surface area contributed by atoms with Crippen LogP contribution in [0.2, 0.25) is 0 Å². The Hall–Kier alpha value is -2.89. The van der Waals surface area contributed by atoms with Gasteiger partial charge in [-0.3, -0.25) is 9.59 Å². The summed E-state index contributed by atoms with van der Waals surface area (Å²) < 4.78 is 19.3. The third-order valence-corrected chi connectivity index (χ3v) is 5.03. The molecule has 0 bridgehead atoms. The van der Waals surface area contributed by atoms with E-state index in [0.29, 0.717) is 24.3 Å². The molecular weight excluding hydrogens is 383 g/mol. The molecule has 6 heteroatoms. The van der Waals surface area contributed by atoms with Crippen molar-refractivity contribution in [1.29, 1.82) is 0 Å². The number of hydrogen-bond acceptors (Lipinski definition) is 3. The van der Waals surface area contributed by atoms with Gasteiger partial charge in [0, 0.05) is 13.1 Å². The molecule has 0 spiro atoms. The average molecular weight is 415 g/mol. The monoisotopic (exact) mass is 414 g/mol. The largest absolute Gasteiger partial charge is 0.497 e. The molecule has 0 aliphatic rings. The average Bonchev–Trinajstić information content (AvgIpc) is 2.75. The molecule has 0 saturated carbocycles. The van der Waals surface area contributed by atoms with Gasteiger partial charge in [-0.15, -0.1) is 0 Å². The highest BCUT2D eigenvalue weighted by Gasteiger charge is 2.28. The standard InChI is InChI=1S/C24H31FN2O3/c1-4-6-15-26-24(29)22(5-2)27(17-18-11-13-20(30-3)14-12-18)23(28)16-19-9-7-8-10-21(19)25/h7-14,22H,4-6,15-17H2,1-3H3,(H,26,29). The molecule has 1 N–H and O–H groups in total. The van der Waals surface area contributed by atoms with Crippen LogP contribution in [0.3, 0.4) is 0 Å². The topological polar surface area (TPSA) is 58.6 Å².